The smallest absolute Gasteiger partial charge is 0.338 e. The van der Waals surface area contributed by atoms with Gasteiger partial charge in [0.25, 0.3) is 0 Å². The fourth-order valence-corrected chi connectivity index (χ4v) is 4.75. The van der Waals surface area contributed by atoms with E-state index < -0.39 is 17.4 Å². The third-order valence-electron chi connectivity index (χ3n) is 7.16. The number of aliphatic carboxylic acids is 1. The number of carboxylic acid groups (broad SMARTS) is 1. The first kappa shape index (κ1) is 29.9. The second-order valence-corrected chi connectivity index (χ2v) is 10.3. The molecule has 0 fully saturated rings. The molecule has 2 aromatic carbocycles. The largest absolute Gasteiger partial charge is 0.480 e. The van der Waals surface area contributed by atoms with Crippen molar-refractivity contribution in [1.82, 2.24) is 0 Å². The molecule has 0 radical (unpaired) electrons. The lowest BCUT2D eigenvalue weighted by molar-refractivity contribution is -0.140. The predicted octanol–water partition coefficient (Wildman–Crippen LogP) is 7.39. The number of rotatable bonds is 13. The molecule has 39 heavy (non-hydrogen) atoms. The van der Waals surface area contributed by atoms with Crippen molar-refractivity contribution in [2.75, 3.05) is 0 Å². The highest BCUT2D eigenvalue weighted by Crippen LogP contribution is 2.37. The summed E-state index contributed by atoms with van der Waals surface area (Å²) in [5.74, 6) is -2.13. The second-order valence-electron chi connectivity index (χ2n) is 10.3. The van der Waals surface area contributed by atoms with Crippen LogP contribution in [0.5, 0.6) is 0 Å². The molecular formula is C33H40O6. The van der Waals surface area contributed by atoms with E-state index in [1.54, 1.807) is 48.6 Å². The number of benzene rings is 2. The van der Waals surface area contributed by atoms with Crippen LogP contribution in [0.4, 0.5) is 0 Å². The molecule has 6 heteroatoms. The van der Waals surface area contributed by atoms with Crippen LogP contribution in [0.1, 0.15) is 104 Å². The van der Waals surface area contributed by atoms with Gasteiger partial charge in [0.1, 0.15) is 5.41 Å². The van der Waals surface area contributed by atoms with Gasteiger partial charge in [-0.2, -0.15) is 0 Å². The molecule has 0 saturated carbocycles. The van der Waals surface area contributed by atoms with Crippen molar-refractivity contribution in [2.45, 2.75) is 89.8 Å². The minimum atomic E-state index is -1.50. The Morgan fingerprint density at radius 1 is 0.821 bits per heavy atom. The first-order valence-electron chi connectivity index (χ1n) is 13.9. The summed E-state index contributed by atoms with van der Waals surface area (Å²) >= 11 is 0. The lowest BCUT2D eigenvalue weighted by atomic mass is 9.73. The summed E-state index contributed by atoms with van der Waals surface area (Å²) in [6, 6.07) is 13.9. The maximum Gasteiger partial charge on any atom is 0.338 e. The number of unbranched alkanes of at least 4 members (excludes halogenated alkanes) is 2. The number of hydrogen-bond donors (Lipinski definition) is 1. The molecule has 208 valence electrons. The molecule has 0 unspecified atom stereocenters. The summed E-state index contributed by atoms with van der Waals surface area (Å²) in [6.45, 7) is 7.93. The van der Waals surface area contributed by atoms with Gasteiger partial charge >= 0.3 is 17.9 Å². The van der Waals surface area contributed by atoms with Crippen LogP contribution in [0.25, 0.3) is 0 Å². The van der Waals surface area contributed by atoms with E-state index in [4.69, 9.17) is 9.47 Å². The SMILES string of the molecule is CCCC[C@@H](C)OC(=O)c1ccc(C2C=CC(C(=O)O)(c3ccccc3C(=O)O[C@H](C)CCCC)C=C2)cc1. The van der Waals surface area contributed by atoms with Gasteiger partial charge in [0, 0.05) is 5.92 Å². The molecular weight excluding hydrogens is 492 g/mol. The van der Waals surface area contributed by atoms with Crippen molar-refractivity contribution in [3.63, 3.8) is 0 Å². The molecule has 0 heterocycles. The zero-order valence-corrected chi connectivity index (χ0v) is 23.4. The molecule has 0 saturated heterocycles. The molecule has 0 aliphatic heterocycles. The molecule has 1 aliphatic rings. The summed E-state index contributed by atoms with van der Waals surface area (Å²) in [7, 11) is 0. The third-order valence-corrected chi connectivity index (χ3v) is 7.16. The normalized spacial score (nSPS) is 19.7. The molecule has 0 bridgehead atoms. The Morgan fingerprint density at radius 3 is 1.90 bits per heavy atom. The molecule has 1 aliphatic carbocycles. The van der Waals surface area contributed by atoms with E-state index in [0.717, 1.165) is 44.1 Å². The van der Waals surface area contributed by atoms with Crippen LogP contribution in [-0.2, 0) is 19.7 Å². The first-order chi connectivity index (χ1) is 18.7. The Labute approximate surface area is 231 Å². The van der Waals surface area contributed by atoms with Gasteiger partial charge in [0.15, 0.2) is 0 Å². The number of carbonyl (C=O) groups excluding carboxylic acids is 2. The van der Waals surface area contributed by atoms with Gasteiger partial charge in [0.2, 0.25) is 0 Å². The number of carbonyl (C=O) groups is 3. The van der Waals surface area contributed by atoms with Gasteiger partial charge in [-0.3, -0.25) is 4.79 Å². The van der Waals surface area contributed by atoms with E-state index in [0.29, 0.717) is 11.1 Å². The Kier molecular flexibility index (Phi) is 10.7. The Balaban J connectivity index is 1.79. The standard InChI is InChI=1S/C33H40O6/c1-5-7-11-23(3)38-30(34)27-17-15-25(16-18-27)26-19-21-33(22-20-26,32(36)37)29-14-10-9-13-28(29)31(35)39-24(4)12-8-6-2/h9-10,13-24,26H,5-8,11-12H2,1-4H3,(H,36,37)/t23-,24-,26?,33?/m1/s1. The summed E-state index contributed by atoms with van der Waals surface area (Å²) < 4.78 is 11.2. The average molecular weight is 533 g/mol. The number of esters is 2. The van der Waals surface area contributed by atoms with Gasteiger partial charge in [-0.25, -0.2) is 9.59 Å². The minimum absolute atomic E-state index is 0.134. The molecule has 0 amide bonds. The minimum Gasteiger partial charge on any atom is -0.480 e. The topological polar surface area (TPSA) is 89.9 Å². The molecule has 0 aromatic heterocycles. The fourth-order valence-electron chi connectivity index (χ4n) is 4.75. The summed E-state index contributed by atoms with van der Waals surface area (Å²) in [6.07, 6.45) is 12.1. The molecule has 6 nitrogen and oxygen atoms in total. The van der Waals surface area contributed by atoms with Crippen LogP contribution in [0.15, 0.2) is 72.8 Å². The number of allylic oxidation sites excluding steroid dienone is 2. The van der Waals surface area contributed by atoms with Crippen molar-refractivity contribution in [3.8, 4) is 0 Å². The van der Waals surface area contributed by atoms with Crippen LogP contribution in [0, 0.1) is 0 Å². The van der Waals surface area contributed by atoms with Crippen molar-refractivity contribution in [1.29, 1.82) is 0 Å². The lowest BCUT2D eigenvalue weighted by Gasteiger charge is -2.29. The van der Waals surface area contributed by atoms with Crippen molar-refractivity contribution in [2.24, 2.45) is 0 Å². The number of hydrogen-bond acceptors (Lipinski definition) is 5. The zero-order valence-electron chi connectivity index (χ0n) is 23.4. The van der Waals surface area contributed by atoms with Crippen LogP contribution < -0.4 is 0 Å². The van der Waals surface area contributed by atoms with Gasteiger partial charge in [0.05, 0.1) is 23.3 Å². The summed E-state index contributed by atoms with van der Waals surface area (Å²) in [5, 5.41) is 10.3. The predicted molar refractivity (Wildman–Crippen MR) is 152 cm³/mol. The van der Waals surface area contributed by atoms with Crippen molar-refractivity contribution >= 4 is 17.9 Å². The van der Waals surface area contributed by atoms with Gasteiger partial charge in [-0.05, 0) is 56.0 Å². The van der Waals surface area contributed by atoms with E-state index in [9.17, 15) is 19.5 Å². The molecule has 1 N–H and O–H groups in total. The highest BCUT2D eigenvalue weighted by Gasteiger charge is 2.40. The van der Waals surface area contributed by atoms with E-state index in [1.165, 1.54) is 0 Å². The summed E-state index contributed by atoms with van der Waals surface area (Å²) in [5.41, 5.74) is 0.497. The summed E-state index contributed by atoms with van der Waals surface area (Å²) in [4.78, 5) is 38.1. The number of ether oxygens (including phenoxy) is 2. The maximum atomic E-state index is 13.0. The Morgan fingerprint density at radius 2 is 1.36 bits per heavy atom. The molecule has 2 atom stereocenters. The number of carboxylic acids is 1. The highest BCUT2D eigenvalue weighted by molar-refractivity contribution is 5.97. The zero-order chi connectivity index (χ0) is 28.4. The second kappa shape index (κ2) is 13.9. The average Bonchev–Trinajstić information content (AvgIpc) is 2.95. The van der Waals surface area contributed by atoms with Crippen LogP contribution in [0.3, 0.4) is 0 Å². The van der Waals surface area contributed by atoms with Crippen LogP contribution >= 0.6 is 0 Å². The fraction of sp³-hybridized carbons (Fsp3) is 0.424. The van der Waals surface area contributed by atoms with E-state index >= 15 is 0 Å². The first-order valence-corrected chi connectivity index (χ1v) is 13.9. The quantitative estimate of drug-likeness (QED) is 0.214. The van der Waals surface area contributed by atoms with Crippen LogP contribution in [-0.4, -0.2) is 35.2 Å². The Bertz CT molecular complexity index is 1180. The van der Waals surface area contributed by atoms with Crippen molar-refractivity contribution in [3.05, 3.63) is 95.1 Å². The monoisotopic (exact) mass is 532 g/mol. The molecule has 2 aromatic rings. The van der Waals surface area contributed by atoms with Crippen molar-refractivity contribution < 1.29 is 29.0 Å². The molecule has 0 spiro atoms. The van der Waals surface area contributed by atoms with Gasteiger partial charge in [-0.1, -0.05) is 94.2 Å². The van der Waals surface area contributed by atoms with E-state index in [1.807, 2.05) is 38.1 Å². The van der Waals surface area contributed by atoms with Gasteiger partial charge < -0.3 is 14.6 Å². The lowest BCUT2D eigenvalue weighted by Crippen LogP contribution is -2.35. The Hall–Kier alpha value is -3.67. The van der Waals surface area contributed by atoms with Crippen LogP contribution in [0.2, 0.25) is 0 Å². The highest BCUT2D eigenvalue weighted by atomic mass is 16.5. The van der Waals surface area contributed by atoms with Gasteiger partial charge in [-0.15, -0.1) is 0 Å². The molecule has 3 rings (SSSR count). The maximum absolute atomic E-state index is 13.0. The van der Waals surface area contributed by atoms with E-state index in [-0.39, 0.29) is 29.7 Å². The third kappa shape index (κ3) is 7.47. The van der Waals surface area contributed by atoms with E-state index in [2.05, 4.69) is 13.8 Å².